The van der Waals surface area contributed by atoms with Crippen molar-refractivity contribution in [2.75, 3.05) is 12.4 Å². The lowest BCUT2D eigenvalue weighted by molar-refractivity contribution is -0.479. The number of alkyl halides is 25. The zero-order valence-electron chi connectivity index (χ0n) is 19.7. The maximum absolute atomic E-state index is 13.8. The van der Waals surface area contributed by atoms with E-state index in [2.05, 4.69) is 12.6 Å². The maximum Gasteiger partial charge on any atom is 0.385 e. The van der Waals surface area contributed by atoms with Crippen LogP contribution < -0.4 is 0 Å². The molecule has 0 aliphatic heterocycles. The van der Waals surface area contributed by atoms with Crippen LogP contribution in [0, 0.1) is 0 Å². The van der Waals surface area contributed by atoms with Gasteiger partial charge in [0.2, 0.25) is 0 Å². The lowest BCUT2D eigenvalue weighted by Gasteiger charge is -2.46. The molecule has 0 saturated heterocycles. The molecular formula is C17H11F25OS. The fraction of sp³-hybridized carbons (Fsp3) is 1.00. The molecule has 0 radical (unpaired) electrons. The Bertz CT molecular complexity index is 1000. The number of aliphatic hydroxyl groups is 1. The molecule has 1 unspecified atom stereocenters. The van der Waals surface area contributed by atoms with E-state index in [0.717, 1.165) is 0 Å². The number of aliphatic hydroxyl groups excluding tert-OH is 1. The fourth-order valence-corrected chi connectivity index (χ4v) is 3.03. The highest BCUT2D eigenvalue weighted by Gasteiger charge is 2.99. The van der Waals surface area contributed by atoms with Crippen LogP contribution in [0.15, 0.2) is 0 Å². The van der Waals surface area contributed by atoms with Gasteiger partial charge in [-0.15, -0.1) is 0 Å². The van der Waals surface area contributed by atoms with Crippen LogP contribution in [0.4, 0.5) is 110 Å². The van der Waals surface area contributed by atoms with Gasteiger partial charge < -0.3 is 5.11 Å². The van der Waals surface area contributed by atoms with Gasteiger partial charge in [0, 0.05) is 13.0 Å². The highest BCUT2D eigenvalue weighted by molar-refractivity contribution is 7.80. The highest BCUT2D eigenvalue weighted by Crippen LogP contribution is 2.68. The second-order valence-corrected chi connectivity index (χ2v) is 8.97. The summed E-state index contributed by atoms with van der Waals surface area (Å²) < 4.78 is 340. The third-order valence-corrected chi connectivity index (χ3v) is 5.89. The molecule has 0 fully saturated rings. The number of halogens is 25. The summed E-state index contributed by atoms with van der Waals surface area (Å²) in [5, 5.41) is 8.07. The van der Waals surface area contributed by atoms with E-state index in [1.807, 2.05) is 0 Å². The molecule has 0 heterocycles. The topological polar surface area (TPSA) is 20.2 Å². The van der Waals surface area contributed by atoms with Crippen molar-refractivity contribution < 1.29 is 115 Å². The Morgan fingerprint density at radius 3 is 0.864 bits per heavy atom. The van der Waals surface area contributed by atoms with Crippen molar-refractivity contribution >= 4 is 12.6 Å². The summed E-state index contributed by atoms with van der Waals surface area (Å²) in [7, 11) is 0. The predicted octanol–water partition coefficient (Wildman–Crippen LogP) is 8.65. The minimum atomic E-state index is -9.59. The molecule has 0 spiro atoms. The van der Waals surface area contributed by atoms with E-state index in [-0.39, 0.29) is 0 Å². The molecule has 0 aromatic carbocycles. The van der Waals surface area contributed by atoms with E-state index in [4.69, 9.17) is 5.11 Å². The Kier molecular flexibility index (Phi) is 11.0. The number of hydrogen-bond acceptors (Lipinski definition) is 2. The first kappa shape index (κ1) is 42.6. The lowest BCUT2D eigenvalue weighted by Crippen LogP contribution is -2.78. The third kappa shape index (κ3) is 5.19. The van der Waals surface area contributed by atoms with Gasteiger partial charge in [-0.2, -0.15) is 118 Å². The first-order valence-corrected chi connectivity index (χ1v) is 10.8. The summed E-state index contributed by atoms with van der Waals surface area (Å²) in [6.07, 6.45) is -10.1. The highest BCUT2D eigenvalue weighted by atomic mass is 32.1. The second kappa shape index (κ2) is 11.4. The molecule has 27 heteroatoms. The van der Waals surface area contributed by atoms with E-state index in [0.29, 0.717) is 0 Å². The van der Waals surface area contributed by atoms with Crippen molar-refractivity contribution in [2.24, 2.45) is 0 Å². The monoisotopic (exact) mass is 738 g/mol. The van der Waals surface area contributed by atoms with E-state index in [9.17, 15) is 110 Å². The standard InChI is InChI=1S/C17H11F25OS/c18-5(1-4-44)7(21,22)9(25,26)11(29,30)13(33,34)15(37,38)17(41,42)16(39,40)14(35,36)12(31,32)10(27,28)8(23,24)6(19,20)2-3-43/h5,43-44H,1-4H2. The van der Waals surface area contributed by atoms with Gasteiger partial charge in [0.25, 0.3) is 0 Å². The minimum absolute atomic E-state index is 1.37. The van der Waals surface area contributed by atoms with Crippen molar-refractivity contribution in [3.05, 3.63) is 0 Å². The number of thiol groups is 1. The average Bonchev–Trinajstić information content (AvgIpc) is 2.82. The maximum atomic E-state index is 13.8. The Morgan fingerprint density at radius 1 is 0.409 bits per heavy atom. The minimum Gasteiger partial charge on any atom is -0.396 e. The molecule has 1 atom stereocenters. The Morgan fingerprint density at radius 2 is 0.636 bits per heavy atom. The molecule has 0 aliphatic rings. The van der Waals surface area contributed by atoms with E-state index < -0.39 is 102 Å². The molecule has 0 rings (SSSR count). The average molecular weight is 738 g/mol. The molecular weight excluding hydrogens is 727 g/mol. The summed E-state index contributed by atoms with van der Waals surface area (Å²) in [6.45, 7) is -2.42. The van der Waals surface area contributed by atoms with Crippen LogP contribution in [0.5, 0.6) is 0 Å². The Hall–Kier alpha value is -1.44. The Labute approximate surface area is 231 Å². The molecule has 0 aromatic rings. The van der Waals surface area contributed by atoms with Crippen molar-refractivity contribution in [3.8, 4) is 0 Å². The van der Waals surface area contributed by atoms with Crippen LogP contribution in [0.1, 0.15) is 12.8 Å². The SMILES string of the molecule is OCCC(F)(F)C(F)(F)C(F)(F)C(F)(F)C(F)(F)C(F)(F)C(F)(F)C(F)(F)C(F)(F)C(F)(F)C(F)(F)C(F)(F)C(F)CCS. The van der Waals surface area contributed by atoms with Gasteiger partial charge in [-0.3, -0.25) is 0 Å². The largest absolute Gasteiger partial charge is 0.396 e. The van der Waals surface area contributed by atoms with E-state index in [1.54, 1.807) is 0 Å². The molecule has 0 aromatic heterocycles. The van der Waals surface area contributed by atoms with Crippen LogP contribution in [-0.2, 0) is 0 Å². The van der Waals surface area contributed by atoms with Gasteiger partial charge >= 0.3 is 71.1 Å². The van der Waals surface area contributed by atoms with Crippen LogP contribution in [0.2, 0.25) is 0 Å². The normalized spacial score (nSPS) is 17.2. The van der Waals surface area contributed by atoms with Crippen molar-refractivity contribution in [1.82, 2.24) is 0 Å². The zero-order chi connectivity index (χ0) is 36.4. The zero-order valence-corrected chi connectivity index (χ0v) is 20.6. The lowest BCUT2D eigenvalue weighted by atomic mass is 9.83. The summed E-state index contributed by atoms with van der Waals surface area (Å²) in [5.41, 5.74) is 0. The molecule has 0 amide bonds. The molecule has 1 nitrogen and oxygen atoms in total. The van der Waals surface area contributed by atoms with E-state index in [1.165, 1.54) is 0 Å². The molecule has 1 N–H and O–H groups in total. The van der Waals surface area contributed by atoms with Gasteiger partial charge in [0.15, 0.2) is 6.17 Å². The van der Waals surface area contributed by atoms with Crippen LogP contribution in [0.25, 0.3) is 0 Å². The number of hydrogen-bond donors (Lipinski definition) is 2. The molecule has 266 valence electrons. The van der Waals surface area contributed by atoms with Crippen molar-refractivity contribution in [1.29, 1.82) is 0 Å². The molecule has 44 heavy (non-hydrogen) atoms. The van der Waals surface area contributed by atoms with Crippen molar-refractivity contribution in [2.45, 2.75) is 90.1 Å². The first-order valence-electron chi connectivity index (χ1n) is 10.2. The summed E-state index contributed by atoms with van der Waals surface area (Å²) in [4.78, 5) is 0. The van der Waals surface area contributed by atoms with Crippen molar-refractivity contribution in [3.63, 3.8) is 0 Å². The summed E-state index contributed by atoms with van der Waals surface area (Å²) in [5.74, 6) is -107. The van der Waals surface area contributed by atoms with Crippen LogP contribution >= 0.6 is 12.6 Å². The van der Waals surface area contributed by atoms with Crippen LogP contribution in [-0.4, -0.2) is 94.7 Å². The second-order valence-electron chi connectivity index (χ2n) is 8.52. The van der Waals surface area contributed by atoms with E-state index >= 15 is 0 Å². The van der Waals surface area contributed by atoms with Gasteiger partial charge in [-0.1, -0.05) is 0 Å². The van der Waals surface area contributed by atoms with Crippen LogP contribution in [0.3, 0.4) is 0 Å². The van der Waals surface area contributed by atoms with Gasteiger partial charge in [0.1, 0.15) is 0 Å². The molecule has 0 saturated carbocycles. The van der Waals surface area contributed by atoms with Gasteiger partial charge in [-0.05, 0) is 12.2 Å². The number of rotatable bonds is 16. The predicted molar refractivity (Wildman–Crippen MR) is 94.4 cm³/mol. The first-order chi connectivity index (χ1) is 18.8. The summed E-state index contributed by atoms with van der Waals surface area (Å²) in [6, 6.07) is 0. The summed E-state index contributed by atoms with van der Waals surface area (Å²) >= 11 is 2.90. The third-order valence-electron chi connectivity index (χ3n) is 5.63. The Balaban J connectivity index is 7.36. The van der Waals surface area contributed by atoms with Gasteiger partial charge in [-0.25, -0.2) is 4.39 Å². The quantitative estimate of drug-likeness (QED) is 0.120. The molecule has 0 bridgehead atoms. The molecule has 0 aliphatic carbocycles. The van der Waals surface area contributed by atoms with Gasteiger partial charge in [0.05, 0.1) is 0 Å². The smallest absolute Gasteiger partial charge is 0.385 e. The fourth-order valence-electron chi connectivity index (χ4n) is 2.81.